The maximum Gasteiger partial charge on any atom is 0.199 e. The van der Waals surface area contributed by atoms with E-state index in [1.165, 1.54) is 11.1 Å². The standard InChI is InChI=1S/C21H16N2/c1-14-13-17(15-9-5-4-6-10-15)21-19(20(14)22-2)16-11-7-8-12-18(16)23(21)3/h4-13H,1,3H3. The van der Waals surface area contributed by atoms with Crippen molar-refractivity contribution in [3.8, 4) is 11.1 Å². The average molecular weight is 296 g/mol. The molecule has 4 aromatic rings. The van der Waals surface area contributed by atoms with E-state index >= 15 is 0 Å². The molecule has 1 heterocycles. The minimum Gasteiger partial charge on any atom is -0.344 e. The Morgan fingerprint density at radius 2 is 1.65 bits per heavy atom. The minimum atomic E-state index is 0.761. The fourth-order valence-corrected chi connectivity index (χ4v) is 3.48. The lowest BCUT2D eigenvalue weighted by Crippen LogP contribution is -1.91. The number of benzene rings is 3. The Morgan fingerprint density at radius 1 is 0.957 bits per heavy atom. The van der Waals surface area contributed by atoms with Gasteiger partial charge in [-0.1, -0.05) is 54.6 Å². The van der Waals surface area contributed by atoms with Gasteiger partial charge in [0.15, 0.2) is 5.69 Å². The second-order valence-electron chi connectivity index (χ2n) is 5.87. The number of hydrogen-bond donors (Lipinski definition) is 0. The summed E-state index contributed by atoms with van der Waals surface area (Å²) in [6.07, 6.45) is 0. The predicted molar refractivity (Wildman–Crippen MR) is 96.9 cm³/mol. The Morgan fingerprint density at radius 3 is 2.39 bits per heavy atom. The number of aromatic nitrogens is 1. The van der Waals surface area contributed by atoms with Crippen LogP contribution in [0.25, 0.3) is 37.8 Å². The van der Waals surface area contributed by atoms with Gasteiger partial charge in [-0.2, -0.15) is 0 Å². The van der Waals surface area contributed by atoms with Crippen LogP contribution in [0.1, 0.15) is 5.56 Å². The lowest BCUT2D eigenvalue weighted by atomic mass is 9.97. The summed E-state index contributed by atoms with van der Waals surface area (Å²) >= 11 is 0. The molecule has 0 saturated carbocycles. The average Bonchev–Trinajstić information content (AvgIpc) is 2.89. The summed E-state index contributed by atoms with van der Waals surface area (Å²) in [5.41, 5.74) is 6.45. The molecule has 23 heavy (non-hydrogen) atoms. The van der Waals surface area contributed by atoms with E-state index < -0.39 is 0 Å². The molecule has 2 nitrogen and oxygen atoms in total. The predicted octanol–water partition coefficient (Wildman–Crippen LogP) is 5.86. The van der Waals surface area contributed by atoms with E-state index in [0.717, 1.165) is 33.1 Å². The maximum atomic E-state index is 7.64. The van der Waals surface area contributed by atoms with Crippen LogP contribution in [0.15, 0.2) is 60.7 Å². The molecule has 0 unspecified atom stereocenters. The zero-order valence-corrected chi connectivity index (χ0v) is 13.2. The number of nitrogens with zero attached hydrogens (tertiary/aromatic N) is 2. The first-order valence-electron chi connectivity index (χ1n) is 7.66. The molecular formula is C21H16N2. The van der Waals surface area contributed by atoms with Gasteiger partial charge in [0.25, 0.3) is 0 Å². The number of para-hydroxylation sites is 1. The smallest absolute Gasteiger partial charge is 0.199 e. The second-order valence-corrected chi connectivity index (χ2v) is 5.87. The number of rotatable bonds is 1. The molecule has 0 amide bonds. The third-order valence-electron chi connectivity index (χ3n) is 4.53. The minimum absolute atomic E-state index is 0.761. The molecule has 0 atom stereocenters. The summed E-state index contributed by atoms with van der Waals surface area (Å²) in [7, 11) is 2.08. The van der Waals surface area contributed by atoms with Crippen molar-refractivity contribution in [2.75, 3.05) is 0 Å². The van der Waals surface area contributed by atoms with Crippen LogP contribution in [0.2, 0.25) is 0 Å². The Hall–Kier alpha value is -3.05. The van der Waals surface area contributed by atoms with Crippen molar-refractivity contribution >= 4 is 27.5 Å². The van der Waals surface area contributed by atoms with Crippen LogP contribution in [0.3, 0.4) is 0 Å². The molecule has 0 bridgehead atoms. The molecular weight excluding hydrogens is 280 g/mol. The van der Waals surface area contributed by atoms with Crippen molar-refractivity contribution in [2.24, 2.45) is 7.05 Å². The molecule has 0 aliphatic heterocycles. The van der Waals surface area contributed by atoms with Crippen LogP contribution in [-0.4, -0.2) is 4.57 Å². The molecule has 3 aromatic carbocycles. The third kappa shape index (κ3) is 1.87. The van der Waals surface area contributed by atoms with Crippen LogP contribution >= 0.6 is 0 Å². The van der Waals surface area contributed by atoms with E-state index in [2.05, 4.69) is 58.9 Å². The maximum absolute atomic E-state index is 7.64. The van der Waals surface area contributed by atoms with Crippen LogP contribution in [-0.2, 0) is 7.05 Å². The Kier molecular flexibility index (Phi) is 2.96. The number of hydrogen-bond acceptors (Lipinski definition) is 0. The van der Waals surface area contributed by atoms with Crippen molar-refractivity contribution in [2.45, 2.75) is 6.92 Å². The van der Waals surface area contributed by atoms with E-state index in [1.54, 1.807) is 0 Å². The van der Waals surface area contributed by atoms with Crippen molar-refractivity contribution in [3.05, 3.63) is 77.6 Å². The molecule has 0 radical (unpaired) electrons. The molecule has 0 aliphatic carbocycles. The fourth-order valence-electron chi connectivity index (χ4n) is 3.48. The van der Waals surface area contributed by atoms with Gasteiger partial charge in [-0.15, -0.1) is 0 Å². The Bertz CT molecular complexity index is 1080. The van der Waals surface area contributed by atoms with Crippen molar-refractivity contribution < 1.29 is 0 Å². The zero-order chi connectivity index (χ0) is 16.0. The summed E-state index contributed by atoms with van der Waals surface area (Å²) in [6.45, 7) is 9.67. The lowest BCUT2D eigenvalue weighted by Gasteiger charge is -2.10. The first-order chi connectivity index (χ1) is 11.2. The highest BCUT2D eigenvalue weighted by Crippen LogP contribution is 2.42. The van der Waals surface area contributed by atoms with Gasteiger partial charge in [0.1, 0.15) is 0 Å². The summed E-state index contributed by atoms with van der Waals surface area (Å²) in [5, 5.41) is 2.22. The van der Waals surface area contributed by atoms with Crippen molar-refractivity contribution in [1.29, 1.82) is 0 Å². The SMILES string of the molecule is [C-]#[N+]c1c(C)cc(-c2ccccc2)c2c1c1ccccc1n2C. The molecule has 2 heteroatoms. The van der Waals surface area contributed by atoms with Gasteiger partial charge in [-0.05, 0) is 29.5 Å². The van der Waals surface area contributed by atoms with E-state index in [4.69, 9.17) is 6.57 Å². The monoisotopic (exact) mass is 296 g/mol. The largest absolute Gasteiger partial charge is 0.344 e. The highest BCUT2D eigenvalue weighted by Gasteiger charge is 2.18. The van der Waals surface area contributed by atoms with Gasteiger partial charge >= 0.3 is 0 Å². The fraction of sp³-hybridized carbons (Fsp3) is 0.0952. The molecule has 0 N–H and O–H groups in total. The molecule has 0 spiro atoms. The first kappa shape index (κ1) is 13.6. The van der Waals surface area contributed by atoms with Crippen molar-refractivity contribution in [1.82, 2.24) is 4.57 Å². The van der Waals surface area contributed by atoms with Gasteiger partial charge in [0, 0.05) is 29.0 Å². The van der Waals surface area contributed by atoms with Gasteiger partial charge in [-0.3, -0.25) is 0 Å². The van der Waals surface area contributed by atoms with Crippen LogP contribution in [0.4, 0.5) is 5.69 Å². The zero-order valence-electron chi connectivity index (χ0n) is 13.2. The quantitative estimate of drug-likeness (QED) is 0.389. The molecule has 1 aromatic heterocycles. The van der Waals surface area contributed by atoms with Gasteiger partial charge < -0.3 is 4.57 Å². The molecule has 110 valence electrons. The highest BCUT2D eigenvalue weighted by atomic mass is 14.9. The van der Waals surface area contributed by atoms with Crippen LogP contribution < -0.4 is 0 Å². The number of fused-ring (bicyclic) bond motifs is 3. The molecule has 0 aliphatic rings. The summed E-state index contributed by atoms with van der Waals surface area (Å²) in [4.78, 5) is 3.83. The first-order valence-corrected chi connectivity index (χ1v) is 7.66. The molecule has 0 saturated heterocycles. The van der Waals surface area contributed by atoms with Gasteiger partial charge in [0.2, 0.25) is 0 Å². The summed E-state index contributed by atoms with van der Waals surface area (Å²) in [5.74, 6) is 0. The third-order valence-corrected chi connectivity index (χ3v) is 4.53. The highest BCUT2D eigenvalue weighted by molar-refractivity contribution is 6.18. The van der Waals surface area contributed by atoms with E-state index in [9.17, 15) is 0 Å². The second kappa shape index (κ2) is 5.00. The summed E-state index contributed by atoms with van der Waals surface area (Å²) in [6, 6.07) is 20.9. The number of aryl methyl sites for hydroxylation is 2. The van der Waals surface area contributed by atoms with Gasteiger partial charge in [0.05, 0.1) is 6.57 Å². The van der Waals surface area contributed by atoms with Crippen molar-refractivity contribution in [3.63, 3.8) is 0 Å². The molecule has 0 fully saturated rings. The van der Waals surface area contributed by atoms with Crippen LogP contribution in [0.5, 0.6) is 0 Å². The molecule has 4 rings (SSSR count). The lowest BCUT2D eigenvalue weighted by molar-refractivity contribution is 1.01. The summed E-state index contributed by atoms with van der Waals surface area (Å²) < 4.78 is 2.21. The van der Waals surface area contributed by atoms with Gasteiger partial charge in [-0.25, -0.2) is 4.85 Å². The van der Waals surface area contributed by atoms with E-state index in [0.29, 0.717) is 0 Å². The topological polar surface area (TPSA) is 9.29 Å². The van der Waals surface area contributed by atoms with Crippen LogP contribution in [0, 0.1) is 13.5 Å². The Labute approximate surface area is 135 Å². The Balaban J connectivity index is 2.29. The normalized spacial score (nSPS) is 11.0. The van der Waals surface area contributed by atoms with E-state index in [1.807, 2.05) is 25.1 Å². The van der Waals surface area contributed by atoms with E-state index in [-0.39, 0.29) is 0 Å².